The molecule has 1 aliphatic rings. The van der Waals surface area contributed by atoms with Crippen molar-refractivity contribution in [2.75, 3.05) is 11.9 Å². The van der Waals surface area contributed by atoms with Gasteiger partial charge in [0, 0.05) is 12.2 Å². The Kier molecular flexibility index (Phi) is 3.71. The van der Waals surface area contributed by atoms with Gasteiger partial charge >= 0.3 is 0 Å². The minimum Gasteiger partial charge on any atom is -0.329 e. The summed E-state index contributed by atoms with van der Waals surface area (Å²) in [6.45, 7) is 4.74. The zero-order chi connectivity index (χ0) is 13.2. The van der Waals surface area contributed by atoms with Crippen molar-refractivity contribution >= 4 is 11.6 Å². The van der Waals surface area contributed by atoms with Gasteiger partial charge in [0.15, 0.2) is 0 Å². The van der Waals surface area contributed by atoms with E-state index >= 15 is 0 Å². The summed E-state index contributed by atoms with van der Waals surface area (Å²) >= 11 is 0. The van der Waals surface area contributed by atoms with Crippen molar-refractivity contribution in [3.8, 4) is 0 Å². The number of nitrogens with one attached hydrogen (secondary N) is 1. The van der Waals surface area contributed by atoms with E-state index in [0.717, 1.165) is 24.9 Å². The summed E-state index contributed by atoms with van der Waals surface area (Å²) in [5.74, 6) is 0.547. The van der Waals surface area contributed by atoms with E-state index in [4.69, 9.17) is 5.73 Å². The van der Waals surface area contributed by atoms with Crippen LogP contribution in [0.4, 0.5) is 5.69 Å². The molecule has 0 aliphatic heterocycles. The molecule has 1 saturated carbocycles. The van der Waals surface area contributed by atoms with Crippen LogP contribution in [-0.2, 0) is 4.79 Å². The lowest BCUT2D eigenvalue weighted by Crippen LogP contribution is -2.47. The first-order chi connectivity index (χ1) is 8.57. The van der Waals surface area contributed by atoms with Gasteiger partial charge in [0.1, 0.15) is 0 Å². The van der Waals surface area contributed by atoms with Gasteiger partial charge < -0.3 is 11.1 Å². The molecule has 0 spiro atoms. The fourth-order valence-corrected chi connectivity index (χ4v) is 2.37. The van der Waals surface area contributed by atoms with Crippen molar-refractivity contribution < 1.29 is 4.79 Å². The lowest BCUT2D eigenvalue weighted by molar-refractivity contribution is -0.129. The maximum Gasteiger partial charge on any atom is 0.231 e. The summed E-state index contributed by atoms with van der Waals surface area (Å²) in [7, 11) is 0. The SMILES string of the molecule is CC(C)c1cccc(NC(=O)C2(CN)CCC2)c1. The van der Waals surface area contributed by atoms with Crippen LogP contribution in [0.25, 0.3) is 0 Å². The molecule has 1 aliphatic carbocycles. The number of nitrogens with two attached hydrogens (primary N) is 1. The summed E-state index contributed by atoms with van der Waals surface area (Å²) in [5.41, 5.74) is 7.55. The van der Waals surface area contributed by atoms with Crippen molar-refractivity contribution in [3.63, 3.8) is 0 Å². The number of anilines is 1. The molecule has 0 saturated heterocycles. The van der Waals surface area contributed by atoms with Crippen molar-refractivity contribution in [2.45, 2.75) is 39.0 Å². The molecule has 0 bridgehead atoms. The van der Waals surface area contributed by atoms with Crippen LogP contribution in [0, 0.1) is 5.41 Å². The third-order valence-electron chi connectivity index (χ3n) is 3.99. The second-order valence-electron chi connectivity index (χ2n) is 5.57. The molecule has 0 unspecified atom stereocenters. The molecule has 1 amide bonds. The average molecular weight is 246 g/mol. The van der Waals surface area contributed by atoms with Crippen LogP contribution in [0.2, 0.25) is 0 Å². The summed E-state index contributed by atoms with van der Waals surface area (Å²) in [5, 5.41) is 3.01. The van der Waals surface area contributed by atoms with Crippen LogP contribution in [0.5, 0.6) is 0 Å². The standard InChI is InChI=1S/C15H22N2O/c1-11(2)12-5-3-6-13(9-12)17-14(18)15(10-16)7-4-8-15/h3,5-6,9,11H,4,7-8,10,16H2,1-2H3,(H,17,18). The first-order valence-corrected chi connectivity index (χ1v) is 6.69. The first-order valence-electron chi connectivity index (χ1n) is 6.69. The molecule has 0 atom stereocenters. The number of hydrogen-bond acceptors (Lipinski definition) is 2. The van der Waals surface area contributed by atoms with Crippen LogP contribution >= 0.6 is 0 Å². The molecule has 18 heavy (non-hydrogen) atoms. The fraction of sp³-hybridized carbons (Fsp3) is 0.533. The lowest BCUT2D eigenvalue weighted by atomic mass is 9.68. The van der Waals surface area contributed by atoms with Crippen molar-refractivity contribution in [1.82, 2.24) is 0 Å². The Morgan fingerprint density at radius 1 is 1.44 bits per heavy atom. The zero-order valence-electron chi connectivity index (χ0n) is 11.2. The van der Waals surface area contributed by atoms with E-state index in [9.17, 15) is 4.79 Å². The van der Waals surface area contributed by atoms with E-state index in [2.05, 4.69) is 25.2 Å². The predicted octanol–water partition coefficient (Wildman–Crippen LogP) is 2.88. The molecular formula is C15H22N2O. The van der Waals surface area contributed by atoms with Crippen LogP contribution in [0.1, 0.15) is 44.6 Å². The molecule has 2 rings (SSSR count). The Morgan fingerprint density at radius 3 is 2.67 bits per heavy atom. The number of rotatable bonds is 4. The van der Waals surface area contributed by atoms with Gasteiger partial charge in [-0.15, -0.1) is 0 Å². The van der Waals surface area contributed by atoms with Crippen LogP contribution in [-0.4, -0.2) is 12.5 Å². The molecule has 3 N–H and O–H groups in total. The van der Waals surface area contributed by atoms with Gasteiger partial charge in [-0.25, -0.2) is 0 Å². The highest BCUT2D eigenvalue weighted by atomic mass is 16.2. The molecule has 0 aromatic heterocycles. The number of amides is 1. The number of benzene rings is 1. The highest BCUT2D eigenvalue weighted by Crippen LogP contribution is 2.40. The summed E-state index contributed by atoms with van der Waals surface area (Å²) in [4.78, 5) is 12.2. The maximum absolute atomic E-state index is 12.2. The van der Waals surface area contributed by atoms with Gasteiger partial charge in [-0.1, -0.05) is 32.4 Å². The zero-order valence-corrected chi connectivity index (χ0v) is 11.2. The van der Waals surface area contributed by atoms with Crippen molar-refractivity contribution in [2.24, 2.45) is 11.1 Å². The Bertz CT molecular complexity index is 430. The third kappa shape index (κ3) is 2.41. The molecule has 1 aromatic rings. The summed E-state index contributed by atoms with van der Waals surface area (Å²) < 4.78 is 0. The highest BCUT2D eigenvalue weighted by molar-refractivity contribution is 5.96. The molecule has 1 aromatic carbocycles. The smallest absolute Gasteiger partial charge is 0.231 e. The van der Waals surface area contributed by atoms with Crippen molar-refractivity contribution in [1.29, 1.82) is 0 Å². The first kappa shape index (κ1) is 13.1. The molecule has 3 nitrogen and oxygen atoms in total. The van der Waals surface area contributed by atoms with Gasteiger partial charge in [0.2, 0.25) is 5.91 Å². The minimum atomic E-state index is -0.312. The Balaban J connectivity index is 2.09. The van der Waals surface area contributed by atoms with Gasteiger partial charge in [-0.2, -0.15) is 0 Å². The second kappa shape index (κ2) is 5.11. The van der Waals surface area contributed by atoms with E-state index in [1.807, 2.05) is 18.2 Å². The quantitative estimate of drug-likeness (QED) is 0.858. The number of hydrogen-bond donors (Lipinski definition) is 2. The van der Waals surface area contributed by atoms with Gasteiger partial charge in [0.25, 0.3) is 0 Å². The van der Waals surface area contributed by atoms with E-state index < -0.39 is 0 Å². The molecule has 3 heteroatoms. The van der Waals surface area contributed by atoms with Crippen LogP contribution in [0.15, 0.2) is 24.3 Å². The third-order valence-corrected chi connectivity index (χ3v) is 3.99. The largest absolute Gasteiger partial charge is 0.329 e. The van der Waals surface area contributed by atoms with Gasteiger partial charge in [-0.05, 0) is 36.5 Å². The number of carbonyl (C=O) groups excluding carboxylic acids is 1. The molecule has 98 valence electrons. The summed E-state index contributed by atoms with van der Waals surface area (Å²) in [6, 6.07) is 8.06. The van der Waals surface area contributed by atoms with Crippen molar-refractivity contribution in [3.05, 3.63) is 29.8 Å². The topological polar surface area (TPSA) is 55.1 Å². The fourth-order valence-electron chi connectivity index (χ4n) is 2.37. The Morgan fingerprint density at radius 2 is 2.17 bits per heavy atom. The molecule has 0 radical (unpaired) electrons. The monoisotopic (exact) mass is 246 g/mol. The minimum absolute atomic E-state index is 0.0807. The average Bonchev–Trinajstić information content (AvgIpc) is 2.28. The van der Waals surface area contributed by atoms with E-state index in [1.165, 1.54) is 5.56 Å². The van der Waals surface area contributed by atoms with E-state index in [-0.39, 0.29) is 11.3 Å². The van der Waals surface area contributed by atoms with Gasteiger partial charge in [-0.3, -0.25) is 4.79 Å². The Labute approximate surface area is 109 Å². The molecule has 1 fully saturated rings. The van der Waals surface area contributed by atoms with Crippen LogP contribution < -0.4 is 11.1 Å². The van der Waals surface area contributed by atoms with Crippen LogP contribution in [0.3, 0.4) is 0 Å². The maximum atomic E-state index is 12.2. The predicted molar refractivity (Wildman–Crippen MR) is 74.5 cm³/mol. The Hall–Kier alpha value is -1.35. The molecule has 0 heterocycles. The molecular weight excluding hydrogens is 224 g/mol. The second-order valence-corrected chi connectivity index (χ2v) is 5.57. The van der Waals surface area contributed by atoms with Gasteiger partial charge in [0.05, 0.1) is 5.41 Å². The normalized spacial score (nSPS) is 17.3. The lowest BCUT2D eigenvalue weighted by Gasteiger charge is -2.39. The summed E-state index contributed by atoms with van der Waals surface area (Å²) in [6.07, 6.45) is 2.94. The van der Waals surface area contributed by atoms with E-state index in [1.54, 1.807) is 0 Å². The van der Waals surface area contributed by atoms with E-state index in [0.29, 0.717) is 12.5 Å². The highest BCUT2D eigenvalue weighted by Gasteiger charge is 2.42. The number of carbonyl (C=O) groups is 1.